The van der Waals surface area contributed by atoms with Gasteiger partial charge in [-0.1, -0.05) is 12.1 Å². The van der Waals surface area contributed by atoms with Crippen molar-refractivity contribution in [2.24, 2.45) is 0 Å². The van der Waals surface area contributed by atoms with Crippen LogP contribution in [0, 0.1) is 0 Å². The number of halogens is 1. The lowest BCUT2D eigenvalue weighted by Gasteiger charge is -2.11. The van der Waals surface area contributed by atoms with E-state index in [1.54, 1.807) is 7.11 Å². The van der Waals surface area contributed by atoms with E-state index in [1.807, 2.05) is 24.3 Å². The molecule has 1 fully saturated rings. The summed E-state index contributed by atoms with van der Waals surface area (Å²) in [6, 6.07) is 8.33. The molecule has 1 aromatic carbocycles. The SMILES string of the molecule is COCCc1ccc(OCCCC(=O)NC2CCNC2)cc1.Cl. The quantitative estimate of drug-likeness (QED) is 0.673. The van der Waals surface area contributed by atoms with Crippen molar-refractivity contribution >= 4 is 18.3 Å². The first-order valence-electron chi connectivity index (χ1n) is 7.98. The maximum atomic E-state index is 11.7. The van der Waals surface area contributed by atoms with Crippen LogP contribution in [0.15, 0.2) is 24.3 Å². The Morgan fingerprint density at radius 1 is 1.30 bits per heavy atom. The van der Waals surface area contributed by atoms with Gasteiger partial charge in [-0.05, 0) is 43.5 Å². The zero-order valence-electron chi connectivity index (χ0n) is 13.7. The van der Waals surface area contributed by atoms with E-state index in [9.17, 15) is 4.79 Å². The predicted octanol–water partition coefficient (Wildman–Crippen LogP) is 1.93. The highest BCUT2D eigenvalue weighted by molar-refractivity contribution is 5.85. The van der Waals surface area contributed by atoms with Crippen molar-refractivity contribution in [3.05, 3.63) is 29.8 Å². The zero-order valence-corrected chi connectivity index (χ0v) is 14.5. The summed E-state index contributed by atoms with van der Waals surface area (Å²) in [6.07, 6.45) is 3.18. The number of methoxy groups -OCH3 is 1. The average Bonchev–Trinajstić information content (AvgIpc) is 3.03. The summed E-state index contributed by atoms with van der Waals surface area (Å²) >= 11 is 0. The maximum Gasteiger partial charge on any atom is 0.220 e. The van der Waals surface area contributed by atoms with Gasteiger partial charge in [-0.3, -0.25) is 4.79 Å². The van der Waals surface area contributed by atoms with E-state index in [0.717, 1.165) is 44.7 Å². The molecule has 0 spiro atoms. The fourth-order valence-corrected chi connectivity index (χ4v) is 2.47. The first kappa shape index (κ1) is 19.7. The Labute approximate surface area is 144 Å². The van der Waals surface area contributed by atoms with Crippen LogP contribution in [-0.2, 0) is 16.0 Å². The molecule has 1 amide bonds. The normalized spacial score (nSPS) is 16.7. The highest BCUT2D eigenvalue weighted by Gasteiger charge is 2.15. The van der Waals surface area contributed by atoms with Crippen LogP contribution in [0.4, 0.5) is 0 Å². The Morgan fingerprint density at radius 2 is 2.09 bits per heavy atom. The Balaban J connectivity index is 0.00000264. The fourth-order valence-electron chi connectivity index (χ4n) is 2.47. The number of nitrogens with one attached hydrogen (secondary N) is 2. The van der Waals surface area contributed by atoms with Crippen LogP contribution in [0.3, 0.4) is 0 Å². The molecule has 0 aromatic heterocycles. The van der Waals surface area contributed by atoms with Crippen LogP contribution in [0.25, 0.3) is 0 Å². The van der Waals surface area contributed by atoms with Gasteiger partial charge >= 0.3 is 0 Å². The second-order valence-electron chi connectivity index (χ2n) is 5.60. The Bertz CT molecular complexity index is 448. The Hall–Kier alpha value is -1.30. The number of carbonyl (C=O) groups is 1. The third kappa shape index (κ3) is 7.68. The number of benzene rings is 1. The molecule has 0 saturated carbocycles. The molecule has 130 valence electrons. The molecule has 0 aliphatic carbocycles. The van der Waals surface area contributed by atoms with Crippen molar-refractivity contribution in [3.63, 3.8) is 0 Å². The first-order chi connectivity index (χ1) is 10.8. The molecule has 1 aliphatic heterocycles. The number of rotatable bonds is 9. The average molecular weight is 343 g/mol. The second kappa shape index (κ2) is 11.3. The molecule has 2 N–H and O–H groups in total. The molecular weight excluding hydrogens is 316 g/mol. The van der Waals surface area contributed by atoms with Gasteiger partial charge in [0.2, 0.25) is 5.91 Å². The van der Waals surface area contributed by atoms with Crippen molar-refractivity contribution in [1.82, 2.24) is 10.6 Å². The molecule has 5 nitrogen and oxygen atoms in total. The molecule has 1 aromatic rings. The van der Waals surface area contributed by atoms with Gasteiger partial charge < -0.3 is 20.1 Å². The number of hydrogen-bond donors (Lipinski definition) is 2. The predicted molar refractivity (Wildman–Crippen MR) is 93.4 cm³/mol. The summed E-state index contributed by atoms with van der Waals surface area (Å²) in [7, 11) is 1.71. The molecule has 0 radical (unpaired) electrons. The summed E-state index contributed by atoms with van der Waals surface area (Å²) in [5.41, 5.74) is 1.23. The van der Waals surface area contributed by atoms with E-state index in [4.69, 9.17) is 9.47 Å². The van der Waals surface area contributed by atoms with Crippen LogP contribution in [0.1, 0.15) is 24.8 Å². The second-order valence-corrected chi connectivity index (χ2v) is 5.60. The summed E-state index contributed by atoms with van der Waals surface area (Å²) in [4.78, 5) is 11.7. The largest absolute Gasteiger partial charge is 0.494 e. The van der Waals surface area contributed by atoms with Crippen molar-refractivity contribution in [2.45, 2.75) is 31.7 Å². The lowest BCUT2D eigenvalue weighted by Crippen LogP contribution is -2.36. The molecule has 6 heteroatoms. The maximum absolute atomic E-state index is 11.7. The molecule has 1 saturated heterocycles. The third-order valence-corrected chi connectivity index (χ3v) is 3.76. The third-order valence-electron chi connectivity index (χ3n) is 3.76. The van der Waals surface area contributed by atoms with Gasteiger partial charge in [-0.15, -0.1) is 12.4 Å². The van der Waals surface area contributed by atoms with Crippen LogP contribution >= 0.6 is 12.4 Å². The monoisotopic (exact) mass is 342 g/mol. The van der Waals surface area contributed by atoms with Crippen molar-refractivity contribution in [3.8, 4) is 5.75 Å². The molecule has 23 heavy (non-hydrogen) atoms. The smallest absolute Gasteiger partial charge is 0.220 e. The Kier molecular flexibility index (Phi) is 9.67. The molecule has 0 bridgehead atoms. The van der Waals surface area contributed by atoms with E-state index in [0.29, 0.717) is 19.1 Å². The van der Waals surface area contributed by atoms with E-state index >= 15 is 0 Å². The minimum Gasteiger partial charge on any atom is -0.494 e. The van der Waals surface area contributed by atoms with Crippen LogP contribution in [0.5, 0.6) is 5.75 Å². The number of ether oxygens (including phenoxy) is 2. The summed E-state index contributed by atoms with van der Waals surface area (Å²) in [6.45, 7) is 3.17. The lowest BCUT2D eigenvalue weighted by molar-refractivity contribution is -0.121. The highest BCUT2D eigenvalue weighted by atomic mass is 35.5. The van der Waals surface area contributed by atoms with Gasteiger partial charge in [0.25, 0.3) is 0 Å². The molecular formula is C17H27ClN2O3. The topological polar surface area (TPSA) is 59.6 Å². The standard InChI is InChI=1S/C17H26N2O3.ClH/c1-21-12-9-14-4-6-16(7-5-14)22-11-2-3-17(20)19-15-8-10-18-13-15;/h4-7,15,18H,2-3,8-13H2,1H3,(H,19,20);1H. The minimum absolute atomic E-state index is 0. The summed E-state index contributed by atoms with van der Waals surface area (Å²) < 4.78 is 10.7. The van der Waals surface area contributed by atoms with Crippen LogP contribution < -0.4 is 15.4 Å². The van der Waals surface area contributed by atoms with E-state index in [1.165, 1.54) is 5.56 Å². The minimum atomic E-state index is 0. The lowest BCUT2D eigenvalue weighted by atomic mass is 10.1. The first-order valence-corrected chi connectivity index (χ1v) is 7.98. The molecule has 2 rings (SSSR count). The zero-order chi connectivity index (χ0) is 15.6. The number of hydrogen-bond acceptors (Lipinski definition) is 4. The fraction of sp³-hybridized carbons (Fsp3) is 0.588. The number of carbonyl (C=O) groups excluding carboxylic acids is 1. The highest BCUT2D eigenvalue weighted by Crippen LogP contribution is 2.13. The molecule has 1 atom stereocenters. The summed E-state index contributed by atoms with van der Waals surface area (Å²) in [5, 5.41) is 6.27. The molecule has 1 aliphatic rings. The van der Waals surface area contributed by atoms with E-state index < -0.39 is 0 Å². The summed E-state index contributed by atoms with van der Waals surface area (Å²) in [5.74, 6) is 0.966. The van der Waals surface area contributed by atoms with Gasteiger partial charge in [-0.2, -0.15) is 0 Å². The van der Waals surface area contributed by atoms with Crippen LogP contribution in [-0.4, -0.2) is 45.4 Å². The van der Waals surface area contributed by atoms with Crippen LogP contribution in [0.2, 0.25) is 0 Å². The van der Waals surface area contributed by atoms with Crippen molar-refractivity contribution in [1.29, 1.82) is 0 Å². The Morgan fingerprint density at radius 3 is 2.74 bits per heavy atom. The van der Waals surface area contributed by atoms with Gasteiger partial charge in [-0.25, -0.2) is 0 Å². The van der Waals surface area contributed by atoms with Crippen molar-refractivity contribution in [2.75, 3.05) is 33.4 Å². The van der Waals surface area contributed by atoms with E-state index in [-0.39, 0.29) is 18.3 Å². The van der Waals surface area contributed by atoms with E-state index in [2.05, 4.69) is 10.6 Å². The molecule has 1 heterocycles. The van der Waals surface area contributed by atoms with Gasteiger partial charge in [0.1, 0.15) is 5.75 Å². The van der Waals surface area contributed by atoms with Gasteiger partial charge in [0.05, 0.1) is 13.2 Å². The molecule has 1 unspecified atom stereocenters. The van der Waals surface area contributed by atoms with Gasteiger partial charge in [0, 0.05) is 26.1 Å². The van der Waals surface area contributed by atoms with Gasteiger partial charge in [0.15, 0.2) is 0 Å². The van der Waals surface area contributed by atoms with Crippen molar-refractivity contribution < 1.29 is 14.3 Å². The number of amides is 1.